The first-order valence-corrected chi connectivity index (χ1v) is 13.8. The second kappa shape index (κ2) is 14.5. The molecule has 0 aromatic carbocycles. The summed E-state index contributed by atoms with van der Waals surface area (Å²) in [5, 5.41) is 1.50. The number of carbonyl (C=O) groups excluding carboxylic acids is 2. The first kappa shape index (κ1) is 31.1. The molecular weight excluding hydrogens is 428 g/mol. The largest absolute Gasteiger partial charge is 0.353 e. The summed E-state index contributed by atoms with van der Waals surface area (Å²) in [6.45, 7) is 16.1. The van der Waals surface area contributed by atoms with Gasteiger partial charge in [-0.3, -0.25) is 20.2 Å². The Morgan fingerprint density at radius 3 is 2.00 bits per heavy atom. The number of hydroxylamine groups is 2. The van der Waals surface area contributed by atoms with E-state index in [2.05, 4.69) is 41.5 Å². The molecule has 1 amide bonds. The van der Waals surface area contributed by atoms with Crippen molar-refractivity contribution in [3.8, 4) is 0 Å². The van der Waals surface area contributed by atoms with Gasteiger partial charge in [0.25, 0.3) is 0 Å². The number of nitrogens with zero attached hydrogens (tertiary/aromatic N) is 1. The average Bonchev–Trinajstić information content (AvgIpc) is 2.80. The number of ether oxygens (including phenoxy) is 1. The van der Waals surface area contributed by atoms with Crippen LogP contribution in [0.2, 0.25) is 0 Å². The van der Waals surface area contributed by atoms with E-state index < -0.39 is 11.1 Å². The molecule has 0 aliphatic heterocycles. The van der Waals surface area contributed by atoms with Crippen molar-refractivity contribution in [2.75, 3.05) is 13.2 Å². The van der Waals surface area contributed by atoms with Crippen LogP contribution in [0.3, 0.4) is 0 Å². The van der Waals surface area contributed by atoms with Gasteiger partial charge in [-0.05, 0) is 49.4 Å². The summed E-state index contributed by atoms with van der Waals surface area (Å²) < 4.78 is 6.25. The zero-order valence-electron chi connectivity index (χ0n) is 23.2. The number of amides is 1. The number of hydrogen-bond acceptors (Lipinski definition) is 5. The van der Waals surface area contributed by atoms with Crippen LogP contribution in [0.25, 0.3) is 0 Å². The lowest BCUT2D eigenvalue weighted by Gasteiger charge is -2.53. The maximum Gasteiger partial charge on any atom is 0.233 e. The van der Waals surface area contributed by atoms with Gasteiger partial charge in [0.1, 0.15) is 0 Å². The minimum Gasteiger partial charge on any atom is -0.353 e. The van der Waals surface area contributed by atoms with Gasteiger partial charge in [-0.2, -0.15) is 0 Å². The molecule has 5 atom stereocenters. The molecule has 0 aromatic heterocycles. The summed E-state index contributed by atoms with van der Waals surface area (Å²) in [5.41, 5.74) is 4.60. The van der Waals surface area contributed by atoms with Gasteiger partial charge in [-0.1, -0.05) is 87.0 Å². The highest BCUT2D eigenvalue weighted by molar-refractivity contribution is 5.63. The Morgan fingerprint density at radius 2 is 1.53 bits per heavy atom. The second-order valence-corrected chi connectivity index (χ2v) is 11.8. The molecule has 0 heterocycles. The van der Waals surface area contributed by atoms with E-state index in [1.54, 1.807) is 0 Å². The van der Waals surface area contributed by atoms with Crippen LogP contribution in [-0.4, -0.2) is 42.7 Å². The van der Waals surface area contributed by atoms with Gasteiger partial charge >= 0.3 is 0 Å². The minimum absolute atomic E-state index is 0.113. The Hall–Kier alpha value is -0.980. The van der Waals surface area contributed by atoms with E-state index in [4.69, 9.17) is 15.3 Å². The fraction of sp³-hybridized carbons (Fsp3) is 0.929. The fourth-order valence-corrected chi connectivity index (χ4v) is 5.72. The van der Waals surface area contributed by atoms with Crippen LogP contribution in [-0.2, 0) is 19.2 Å². The average molecular weight is 483 g/mol. The molecule has 1 aliphatic rings. The number of carbonyl (C=O) groups is 2. The van der Waals surface area contributed by atoms with Crippen LogP contribution >= 0.6 is 0 Å². The molecule has 1 rings (SSSR count). The summed E-state index contributed by atoms with van der Waals surface area (Å²) in [7, 11) is 0. The Balaban J connectivity index is 3.01. The standard InChI is InChI=1S/C28H54N2O4/c1-8-12-14-23(10-3)18-33-28(29,21-31)27(7)17-25(16-26(5,6)20-27)30(22-32)34-19-24(11-4)15-13-9-2/h21-25H,8-20,29H2,1-7H3. The van der Waals surface area contributed by atoms with Crippen LogP contribution in [0, 0.1) is 22.7 Å². The molecule has 34 heavy (non-hydrogen) atoms. The molecule has 1 saturated carbocycles. The third-order valence-electron chi connectivity index (χ3n) is 8.03. The van der Waals surface area contributed by atoms with E-state index in [1.165, 1.54) is 11.5 Å². The summed E-state index contributed by atoms with van der Waals surface area (Å²) in [5.74, 6) is 0.828. The molecule has 1 aliphatic carbocycles. The third-order valence-corrected chi connectivity index (χ3v) is 8.03. The predicted octanol–water partition coefficient (Wildman–Crippen LogP) is 6.26. The van der Waals surface area contributed by atoms with E-state index >= 15 is 0 Å². The van der Waals surface area contributed by atoms with Crippen molar-refractivity contribution in [3.63, 3.8) is 0 Å². The lowest BCUT2D eigenvalue weighted by atomic mass is 9.58. The van der Waals surface area contributed by atoms with Crippen LogP contribution in [0.1, 0.15) is 119 Å². The molecule has 0 saturated heterocycles. The smallest absolute Gasteiger partial charge is 0.233 e. The van der Waals surface area contributed by atoms with E-state index in [0.29, 0.717) is 31.5 Å². The maximum absolute atomic E-state index is 12.4. The van der Waals surface area contributed by atoms with Gasteiger partial charge in [0, 0.05) is 5.41 Å². The normalized spacial score (nSPS) is 25.8. The van der Waals surface area contributed by atoms with E-state index in [-0.39, 0.29) is 11.5 Å². The zero-order valence-corrected chi connectivity index (χ0v) is 23.2. The van der Waals surface area contributed by atoms with Crippen molar-refractivity contribution in [1.29, 1.82) is 0 Å². The van der Waals surface area contributed by atoms with Gasteiger partial charge in [0.05, 0.1) is 19.3 Å². The van der Waals surface area contributed by atoms with Gasteiger partial charge in [-0.15, -0.1) is 0 Å². The van der Waals surface area contributed by atoms with Crippen LogP contribution < -0.4 is 5.73 Å². The van der Waals surface area contributed by atoms with E-state index in [1.807, 2.05) is 6.92 Å². The van der Waals surface area contributed by atoms with Crippen LogP contribution in [0.5, 0.6) is 0 Å². The van der Waals surface area contributed by atoms with Gasteiger partial charge in [0.2, 0.25) is 6.41 Å². The highest BCUT2D eigenvalue weighted by Crippen LogP contribution is 2.52. The predicted molar refractivity (Wildman–Crippen MR) is 139 cm³/mol. The number of nitrogens with two attached hydrogens (primary N) is 1. The highest BCUT2D eigenvalue weighted by atomic mass is 16.7. The molecule has 5 unspecified atom stereocenters. The maximum atomic E-state index is 12.4. The van der Waals surface area contributed by atoms with Gasteiger partial charge in [-0.25, -0.2) is 5.06 Å². The summed E-state index contributed by atoms with van der Waals surface area (Å²) in [6.07, 6.45) is 12.6. The SMILES string of the molecule is CCCCC(CC)CON(C=O)C1CC(C)(C)CC(C)(C(N)(C=O)OCC(CC)CCCC)C1. The lowest BCUT2D eigenvalue weighted by Crippen LogP contribution is -2.63. The summed E-state index contributed by atoms with van der Waals surface area (Å²) in [4.78, 5) is 30.5. The van der Waals surface area contributed by atoms with E-state index in [0.717, 1.165) is 70.5 Å². The van der Waals surface area contributed by atoms with Crippen molar-refractivity contribution < 1.29 is 19.2 Å². The summed E-state index contributed by atoms with van der Waals surface area (Å²) >= 11 is 0. The zero-order chi connectivity index (χ0) is 25.8. The number of rotatable bonds is 18. The Labute approximate surface area is 209 Å². The van der Waals surface area contributed by atoms with Crippen molar-refractivity contribution in [1.82, 2.24) is 5.06 Å². The molecule has 6 nitrogen and oxygen atoms in total. The minimum atomic E-state index is -1.40. The molecule has 0 aromatic rings. The van der Waals surface area contributed by atoms with E-state index in [9.17, 15) is 9.59 Å². The molecule has 1 fully saturated rings. The van der Waals surface area contributed by atoms with Crippen molar-refractivity contribution in [2.45, 2.75) is 131 Å². The summed E-state index contributed by atoms with van der Waals surface area (Å²) in [6, 6.07) is -0.150. The molecule has 0 spiro atoms. The number of hydrogen-bond donors (Lipinski definition) is 1. The Bertz CT molecular complexity index is 599. The molecule has 0 radical (unpaired) electrons. The highest BCUT2D eigenvalue weighted by Gasteiger charge is 2.54. The van der Waals surface area contributed by atoms with Crippen molar-refractivity contribution in [2.24, 2.45) is 28.4 Å². The topological polar surface area (TPSA) is 81.9 Å². The monoisotopic (exact) mass is 482 g/mol. The van der Waals surface area contributed by atoms with Gasteiger partial charge < -0.3 is 4.74 Å². The van der Waals surface area contributed by atoms with Gasteiger partial charge in [0.15, 0.2) is 12.0 Å². The third kappa shape index (κ3) is 8.91. The quantitative estimate of drug-likeness (QED) is 0.141. The second-order valence-electron chi connectivity index (χ2n) is 11.8. The molecule has 2 N–H and O–H groups in total. The van der Waals surface area contributed by atoms with Crippen LogP contribution in [0.4, 0.5) is 0 Å². The Morgan fingerprint density at radius 1 is 0.971 bits per heavy atom. The van der Waals surface area contributed by atoms with Crippen molar-refractivity contribution >= 4 is 12.7 Å². The lowest BCUT2D eigenvalue weighted by molar-refractivity contribution is -0.220. The molecule has 0 bridgehead atoms. The first-order chi connectivity index (χ1) is 16.0. The Kier molecular flexibility index (Phi) is 13.3. The number of unbranched alkanes of at least 4 members (excludes halogenated alkanes) is 2. The van der Waals surface area contributed by atoms with Crippen LogP contribution in [0.15, 0.2) is 0 Å². The first-order valence-electron chi connectivity index (χ1n) is 13.8. The molecule has 6 heteroatoms. The number of aldehydes is 1. The molecule has 200 valence electrons. The molecular formula is C28H54N2O4. The van der Waals surface area contributed by atoms with Crippen molar-refractivity contribution in [3.05, 3.63) is 0 Å². The fourth-order valence-electron chi connectivity index (χ4n) is 5.72.